The summed E-state index contributed by atoms with van der Waals surface area (Å²) in [6, 6.07) is 4.27. The van der Waals surface area contributed by atoms with Gasteiger partial charge in [-0.2, -0.15) is 0 Å². The second-order valence-electron chi connectivity index (χ2n) is 5.86. The van der Waals surface area contributed by atoms with E-state index in [2.05, 4.69) is 15.9 Å². The summed E-state index contributed by atoms with van der Waals surface area (Å²) in [6.07, 6.45) is 0.381. The number of halogens is 5. The molecule has 2 aromatic rings. The molecule has 2 aliphatic rings. The molecule has 0 atom stereocenters. The van der Waals surface area contributed by atoms with Crippen molar-refractivity contribution in [1.82, 2.24) is 0 Å². The minimum Gasteiger partial charge on any atom is -0.482 e. The number of hydrogen-bond donors (Lipinski definition) is 0. The lowest BCUT2D eigenvalue weighted by molar-refractivity contribution is -0.122. The standard InChI is InChI=1S/C9H5BrClFO2.C9H6ClFO2/c10-7-6(11)2-4-1-5(13)3-14-9(4)8(7)12;10-6-1-5-2-7(12)4-13-9(5)8(11)3-6/h2H,1,3H2;1,3H,2,4H2. The Labute approximate surface area is 171 Å². The molecule has 0 fully saturated rings. The molecule has 0 saturated carbocycles. The lowest BCUT2D eigenvalue weighted by atomic mass is 10.1. The van der Waals surface area contributed by atoms with Gasteiger partial charge in [0.25, 0.3) is 0 Å². The van der Waals surface area contributed by atoms with Crippen LogP contribution in [0.3, 0.4) is 0 Å². The SMILES string of the molecule is O=C1COc2c(F)cc(Cl)cc2C1.O=C1COc2c(cc(Cl)c(Br)c2F)C1. The first-order chi connectivity index (χ1) is 12.8. The number of carbonyl (C=O) groups is 2. The molecule has 27 heavy (non-hydrogen) atoms. The van der Waals surface area contributed by atoms with Gasteiger partial charge in [0.2, 0.25) is 0 Å². The third-order valence-electron chi connectivity index (χ3n) is 3.81. The molecule has 0 aromatic heterocycles. The highest BCUT2D eigenvalue weighted by molar-refractivity contribution is 9.10. The normalized spacial score (nSPS) is 15.0. The highest BCUT2D eigenvalue weighted by atomic mass is 79.9. The first-order valence-corrected chi connectivity index (χ1v) is 9.24. The number of rotatable bonds is 0. The van der Waals surface area contributed by atoms with E-state index in [0.717, 1.165) is 0 Å². The van der Waals surface area contributed by atoms with Crippen LogP contribution in [0.5, 0.6) is 11.5 Å². The van der Waals surface area contributed by atoms with Gasteiger partial charge in [-0.25, -0.2) is 8.78 Å². The van der Waals surface area contributed by atoms with Crippen LogP contribution in [0.15, 0.2) is 22.7 Å². The lowest BCUT2D eigenvalue weighted by Gasteiger charge is -2.17. The van der Waals surface area contributed by atoms with E-state index in [1.54, 1.807) is 12.1 Å². The first-order valence-electron chi connectivity index (χ1n) is 7.69. The fraction of sp³-hybridized carbons (Fsp3) is 0.222. The Hall–Kier alpha value is -1.70. The Balaban J connectivity index is 0.000000156. The molecule has 2 heterocycles. The molecule has 4 nitrogen and oxygen atoms in total. The van der Waals surface area contributed by atoms with Crippen molar-refractivity contribution < 1.29 is 27.8 Å². The van der Waals surface area contributed by atoms with Crippen molar-refractivity contribution in [2.75, 3.05) is 13.2 Å². The summed E-state index contributed by atoms with van der Waals surface area (Å²) in [4.78, 5) is 22.0. The van der Waals surface area contributed by atoms with Gasteiger partial charge in [-0.3, -0.25) is 9.59 Å². The Morgan fingerprint density at radius 1 is 0.889 bits per heavy atom. The van der Waals surface area contributed by atoms with Crippen LogP contribution in [0.4, 0.5) is 8.78 Å². The van der Waals surface area contributed by atoms with Crippen LogP contribution >= 0.6 is 39.1 Å². The van der Waals surface area contributed by atoms with E-state index >= 15 is 0 Å². The first kappa shape index (κ1) is 20.0. The van der Waals surface area contributed by atoms with Crippen molar-refractivity contribution >= 4 is 50.7 Å². The van der Waals surface area contributed by atoms with Gasteiger partial charge in [0.1, 0.15) is 13.2 Å². The molecule has 0 aliphatic carbocycles. The zero-order valence-electron chi connectivity index (χ0n) is 13.6. The maximum absolute atomic E-state index is 13.5. The lowest BCUT2D eigenvalue weighted by Crippen LogP contribution is -2.21. The quantitative estimate of drug-likeness (QED) is 0.512. The van der Waals surface area contributed by atoms with E-state index in [0.29, 0.717) is 11.1 Å². The molecule has 0 bridgehead atoms. The number of ether oxygens (including phenoxy) is 2. The van der Waals surface area contributed by atoms with Crippen molar-refractivity contribution in [3.05, 3.63) is 55.5 Å². The summed E-state index contributed by atoms with van der Waals surface area (Å²) < 4.78 is 36.7. The molecule has 0 spiro atoms. The fourth-order valence-electron chi connectivity index (χ4n) is 2.65. The van der Waals surface area contributed by atoms with E-state index in [4.69, 9.17) is 32.7 Å². The fourth-order valence-corrected chi connectivity index (χ4v) is 3.39. The zero-order valence-corrected chi connectivity index (χ0v) is 16.7. The van der Waals surface area contributed by atoms with Gasteiger partial charge >= 0.3 is 0 Å². The minimum absolute atomic E-state index is 0.0500. The molecule has 2 aromatic carbocycles. The third kappa shape index (κ3) is 4.42. The summed E-state index contributed by atoms with van der Waals surface area (Å²) in [5.74, 6) is -0.899. The highest BCUT2D eigenvalue weighted by Crippen LogP contribution is 2.37. The van der Waals surface area contributed by atoms with Gasteiger partial charge < -0.3 is 9.47 Å². The van der Waals surface area contributed by atoms with E-state index in [-0.39, 0.29) is 63.6 Å². The second kappa shape index (κ2) is 8.12. The number of hydrogen-bond acceptors (Lipinski definition) is 4. The molecule has 2 aliphatic heterocycles. The van der Waals surface area contributed by atoms with Crippen LogP contribution in [0.2, 0.25) is 10.0 Å². The molecule has 0 saturated heterocycles. The average Bonchev–Trinajstić information content (AvgIpc) is 2.59. The molecule has 0 N–H and O–H groups in total. The van der Waals surface area contributed by atoms with Crippen molar-refractivity contribution in [2.24, 2.45) is 0 Å². The average molecular weight is 480 g/mol. The number of ketones is 2. The van der Waals surface area contributed by atoms with Gasteiger partial charge in [-0.1, -0.05) is 23.2 Å². The van der Waals surface area contributed by atoms with E-state index in [1.165, 1.54) is 6.07 Å². The summed E-state index contributed by atoms with van der Waals surface area (Å²) in [5.41, 5.74) is 1.04. The molecule has 0 unspecified atom stereocenters. The van der Waals surface area contributed by atoms with Crippen molar-refractivity contribution in [1.29, 1.82) is 0 Å². The smallest absolute Gasteiger partial charge is 0.181 e. The van der Waals surface area contributed by atoms with Crippen LogP contribution in [-0.4, -0.2) is 24.8 Å². The molecule has 4 rings (SSSR count). The van der Waals surface area contributed by atoms with Crippen molar-refractivity contribution in [3.8, 4) is 11.5 Å². The van der Waals surface area contributed by atoms with E-state index < -0.39 is 11.6 Å². The summed E-state index contributed by atoms with van der Waals surface area (Å²) >= 11 is 14.4. The van der Waals surface area contributed by atoms with Crippen LogP contribution in [-0.2, 0) is 22.4 Å². The summed E-state index contributed by atoms with van der Waals surface area (Å²) in [5, 5.41) is 0.536. The van der Waals surface area contributed by atoms with Crippen LogP contribution < -0.4 is 9.47 Å². The Morgan fingerprint density at radius 2 is 1.44 bits per heavy atom. The van der Waals surface area contributed by atoms with Crippen molar-refractivity contribution in [2.45, 2.75) is 12.8 Å². The maximum Gasteiger partial charge on any atom is 0.181 e. The Morgan fingerprint density at radius 3 is 2.07 bits per heavy atom. The summed E-state index contributed by atoms with van der Waals surface area (Å²) in [7, 11) is 0. The molecule has 0 amide bonds. The molecule has 9 heteroatoms. The van der Waals surface area contributed by atoms with Crippen LogP contribution in [0, 0.1) is 11.6 Å². The topological polar surface area (TPSA) is 52.6 Å². The minimum atomic E-state index is -0.542. The van der Waals surface area contributed by atoms with Crippen molar-refractivity contribution in [3.63, 3.8) is 0 Å². The van der Waals surface area contributed by atoms with Gasteiger partial charge in [-0.15, -0.1) is 0 Å². The molecular formula is C18H11BrCl2F2O4. The molecule has 0 radical (unpaired) electrons. The van der Waals surface area contributed by atoms with E-state index in [1.807, 2.05) is 0 Å². The van der Waals surface area contributed by atoms with E-state index in [9.17, 15) is 18.4 Å². The van der Waals surface area contributed by atoms with Crippen LogP contribution in [0.1, 0.15) is 11.1 Å². The number of fused-ring (bicyclic) bond motifs is 2. The van der Waals surface area contributed by atoms with Gasteiger partial charge in [0.05, 0.1) is 9.50 Å². The number of Topliss-reactive ketones (excluding diaryl/α,β-unsaturated/α-hetero) is 2. The number of carbonyl (C=O) groups excluding carboxylic acids is 2. The maximum atomic E-state index is 13.5. The Bertz CT molecular complexity index is 950. The zero-order chi connectivity index (χ0) is 19.7. The third-order valence-corrected chi connectivity index (χ3v) is 5.33. The largest absolute Gasteiger partial charge is 0.482 e. The highest BCUT2D eigenvalue weighted by Gasteiger charge is 2.24. The molecule has 142 valence electrons. The predicted molar refractivity (Wildman–Crippen MR) is 98.9 cm³/mol. The Kier molecular flexibility index (Phi) is 6.03. The van der Waals surface area contributed by atoms with Crippen LogP contribution in [0.25, 0.3) is 0 Å². The van der Waals surface area contributed by atoms with Gasteiger partial charge in [-0.05, 0) is 34.1 Å². The van der Waals surface area contributed by atoms with Gasteiger partial charge in [0, 0.05) is 29.0 Å². The monoisotopic (exact) mass is 478 g/mol. The summed E-state index contributed by atoms with van der Waals surface area (Å²) in [6.45, 7) is -0.121. The number of benzene rings is 2. The predicted octanol–water partition coefficient (Wildman–Crippen LogP) is 4.73. The molecular weight excluding hydrogens is 469 g/mol. The second-order valence-corrected chi connectivity index (χ2v) is 7.50. The van der Waals surface area contributed by atoms with Gasteiger partial charge in [0.15, 0.2) is 34.7 Å².